The van der Waals surface area contributed by atoms with Gasteiger partial charge in [-0.25, -0.2) is 17.9 Å². The maximum absolute atomic E-state index is 12.7. The van der Waals surface area contributed by atoms with E-state index in [-0.39, 0.29) is 25.1 Å². The fourth-order valence-electron chi connectivity index (χ4n) is 2.35. The summed E-state index contributed by atoms with van der Waals surface area (Å²) in [6.07, 6.45) is -5.02. The number of esters is 2. The van der Waals surface area contributed by atoms with Crippen LogP contribution in [0, 0.1) is 0 Å². The van der Waals surface area contributed by atoms with Gasteiger partial charge in [-0.15, -0.1) is 0 Å². The van der Waals surface area contributed by atoms with Gasteiger partial charge in [-0.2, -0.15) is 13.2 Å². The van der Waals surface area contributed by atoms with Gasteiger partial charge in [0.2, 0.25) is 10.0 Å². The second-order valence-corrected chi connectivity index (χ2v) is 7.79. The molecule has 0 unspecified atom stereocenters. The van der Waals surface area contributed by atoms with E-state index in [1.54, 1.807) is 12.1 Å². The zero-order chi connectivity index (χ0) is 22.4. The Balaban J connectivity index is 1.88. The quantitative estimate of drug-likeness (QED) is 0.628. The summed E-state index contributed by atoms with van der Waals surface area (Å²) in [5.41, 5.74) is -0.297. The summed E-state index contributed by atoms with van der Waals surface area (Å²) in [5, 5.41) is 0. The summed E-state index contributed by atoms with van der Waals surface area (Å²) in [5.74, 6) is -1.28. The third kappa shape index (κ3) is 6.56. The van der Waals surface area contributed by atoms with Crippen LogP contribution in [0.1, 0.15) is 27.9 Å². The van der Waals surface area contributed by atoms with Gasteiger partial charge in [0.1, 0.15) is 6.61 Å². The molecule has 0 fully saturated rings. The fraction of sp³-hybridized carbons (Fsp3) is 0.263. The minimum Gasteiger partial charge on any atom is -0.465 e. The van der Waals surface area contributed by atoms with Crippen molar-refractivity contribution in [2.45, 2.75) is 24.1 Å². The second-order valence-electron chi connectivity index (χ2n) is 6.03. The standard InChI is InChI=1S/C19H18F3NO6S/c1-28-18(25)14-5-2-4-13(10-14)12-29-17(24)8-9-23-30(26,27)16-7-3-6-15(11-16)19(20,21)22/h2-7,10-11,23H,8-9,12H2,1H3. The Morgan fingerprint density at radius 2 is 1.77 bits per heavy atom. The zero-order valence-electron chi connectivity index (χ0n) is 15.7. The first-order valence-electron chi connectivity index (χ1n) is 8.53. The van der Waals surface area contributed by atoms with Crippen molar-refractivity contribution < 1.29 is 40.7 Å². The number of hydrogen-bond donors (Lipinski definition) is 1. The molecule has 0 spiro atoms. The van der Waals surface area contributed by atoms with Gasteiger partial charge in [-0.3, -0.25) is 4.79 Å². The average Bonchev–Trinajstić information content (AvgIpc) is 2.71. The molecule has 0 aliphatic heterocycles. The third-order valence-corrected chi connectivity index (χ3v) is 5.30. The van der Waals surface area contributed by atoms with Crippen LogP contribution in [-0.2, 0) is 37.1 Å². The highest BCUT2D eigenvalue weighted by Crippen LogP contribution is 2.30. The zero-order valence-corrected chi connectivity index (χ0v) is 16.5. The van der Waals surface area contributed by atoms with Crippen LogP contribution in [0.15, 0.2) is 53.4 Å². The van der Waals surface area contributed by atoms with Crippen molar-refractivity contribution in [3.63, 3.8) is 0 Å². The number of methoxy groups -OCH3 is 1. The van der Waals surface area contributed by atoms with Crippen LogP contribution in [-0.4, -0.2) is 34.0 Å². The van der Waals surface area contributed by atoms with Crippen LogP contribution >= 0.6 is 0 Å². The molecule has 0 atom stereocenters. The summed E-state index contributed by atoms with van der Waals surface area (Å²) < 4.78 is 74.1. The Morgan fingerprint density at radius 3 is 2.43 bits per heavy atom. The Morgan fingerprint density at radius 1 is 1.07 bits per heavy atom. The van der Waals surface area contributed by atoms with Gasteiger partial charge in [-0.05, 0) is 35.9 Å². The lowest BCUT2D eigenvalue weighted by molar-refractivity contribution is -0.144. The molecule has 0 radical (unpaired) electrons. The fourth-order valence-corrected chi connectivity index (χ4v) is 3.43. The van der Waals surface area contributed by atoms with E-state index in [4.69, 9.17) is 4.74 Å². The number of benzene rings is 2. The Bertz CT molecular complexity index is 1020. The Hall–Kier alpha value is -2.92. The largest absolute Gasteiger partial charge is 0.465 e. The highest BCUT2D eigenvalue weighted by molar-refractivity contribution is 7.89. The monoisotopic (exact) mass is 445 g/mol. The lowest BCUT2D eigenvalue weighted by Crippen LogP contribution is -2.27. The van der Waals surface area contributed by atoms with Gasteiger partial charge in [0.25, 0.3) is 0 Å². The summed E-state index contributed by atoms with van der Waals surface area (Å²) in [6, 6.07) is 9.47. The minimum absolute atomic E-state index is 0.149. The van der Waals surface area contributed by atoms with Crippen molar-refractivity contribution in [2.75, 3.05) is 13.7 Å². The summed E-state index contributed by atoms with van der Waals surface area (Å²) in [4.78, 5) is 22.7. The molecule has 0 bridgehead atoms. The topological polar surface area (TPSA) is 98.8 Å². The van der Waals surface area contributed by atoms with E-state index in [2.05, 4.69) is 9.46 Å². The highest BCUT2D eigenvalue weighted by Gasteiger charge is 2.31. The van der Waals surface area contributed by atoms with Crippen LogP contribution in [0.2, 0.25) is 0 Å². The van der Waals surface area contributed by atoms with Gasteiger partial charge < -0.3 is 9.47 Å². The summed E-state index contributed by atoms with van der Waals surface area (Å²) in [7, 11) is -3.00. The molecule has 0 amide bonds. The molecule has 0 saturated carbocycles. The molecule has 0 saturated heterocycles. The van der Waals surface area contributed by atoms with Crippen LogP contribution in [0.25, 0.3) is 0 Å². The van der Waals surface area contributed by atoms with E-state index in [1.807, 2.05) is 0 Å². The first-order chi connectivity index (χ1) is 14.0. The number of nitrogens with one attached hydrogen (secondary N) is 1. The molecule has 7 nitrogen and oxygen atoms in total. The molecule has 30 heavy (non-hydrogen) atoms. The van der Waals surface area contributed by atoms with Gasteiger partial charge in [0.15, 0.2) is 0 Å². The first kappa shape index (κ1) is 23.4. The summed E-state index contributed by atoms with van der Waals surface area (Å²) >= 11 is 0. The van der Waals surface area contributed by atoms with Crippen LogP contribution in [0.3, 0.4) is 0 Å². The van der Waals surface area contributed by atoms with Gasteiger partial charge >= 0.3 is 18.1 Å². The lowest BCUT2D eigenvalue weighted by Gasteiger charge is -2.10. The van der Waals surface area contributed by atoms with E-state index in [0.29, 0.717) is 11.6 Å². The average molecular weight is 445 g/mol. The van der Waals surface area contributed by atoms with E-state index >= 15 is 0 Å². The third-order valence-electron chi connectivity index (χ3n) is 3.84. The number of sulfonamides is 1. The second kappa shape index (κ2) is 9.72. The number of alkyl halides is 3. The molecule has 11 heteroatoms. The van der Waals surface area contributed by atoms with Crippen molar-refractivity contribution >= 4 is 22.0 Å². The van der Waals surface area contributed by atoms with Gasteiger partial charge in [0, 0.05) is 6.54 Å². The number of hydrogen-bond acceptors (Lipinski definition) is 6. The van der Waals surface area contributed by atoms with Gasteiger partial charge in [0.05, 0.1) is 29.6 Å². The first-order valence-corrected chi connectivity index (χ1v) is 10.0. The minimum atomic E-state index is -4.68. The van der Waals surface area contributed by atoms with E-state index in [9.17, 15) is 31.2 Å². The number of ether oxygens (including phenoxy) is 2. The molecule has 1 N–H and O–H groups in total. The highest BCUT2D eigenvalue weighted by atomic mass is 32.2. The van der Waals surface area contributed by atoms with Crippen molar-refractivity contribution in [1.29, 1.82) is 0 Å². The Kier molecular flexibility index (Phi) is 7.57. The van der Waals surface area contributed by atoms with Crippen LogP contribution in [0.5, 0.6) is 0 Å². The molecular formula is C19H18F3NO6S. The Labute approximate surface area is 170 Å². The van der Waals surface area contributed by atoms with Crippen LogP contribution < -0.4 is 4.72 Å². The van der Waals surface area contributed by atoms with E-state index in [1.165, 1.54) is 19.2 Å². The van der Waals surface area contributed by atoms with Crippen LogP contribution in [0.4, 0.5) is 13.2 Å². The molecule has 0 aliphatic rings. The molecular weight excluding hydrogens is 427 g/mol. The molecule has 162 valence electrons. The number of halogens is 3. The molecule has 2 rings (SSSR count). The van der Waals surface area contributed by atoms with Crippen molar-refractivity contribution in [3.8, 4) is 0 Å². The predicted molar refractivity (Wildman–Crippen MR) is 98.8 cm³/mol. The molecule has 2 aromatic carbocycles. The van der Waals surface area contributed by atoms with Crippen molar-refractivity contribution in [1.82, 2.24) is 4.72 Å². The SMILES string of the molecule is COC(=O)c1cccc(COC(=O)CCNS(=O)(=O)c2cccc(C(F)(F)F)c2)c1. The number of rotatable bonds is 8. The predicted octanol–water partition coefficient (Wildman–Crippen LogP) is 2.90. The molecule has 0 aliphatic carbocycles. The van der Waals surface area contributed by atoms with Crippen molar-refractivity contribution in [2.24, 2.45) is 0 Å². The maximum atomic E-state index is 12.7. The number of carbonyl (C=O) groups excluding carboxylic acids is 2. The van der Waals surface area contributed by atoms with Crippen molar-refractivity contribution in [3.05, 3.63) is 65.2 Å². The summed E-state index contributed by atoms with van der Waals surface area (Å²) in [6.45, 7) is -0.510. The molecule has 2 aromatic rings. The smallest absolute Gasteiger partial charge is 0.416 e. The van der Waals surface area contributed by atoms with E-state index < -0.39 is 38.6 Å². The van der Waals surface area contributed by atoms with Gasteiger partial charge in [-0.1, -0.05) is 18.2 Å². The van der Waals surface area contributed by atoms with E-state index in [0.717, 1.165) is 18.2 Å². The normalized spacial score (nSPS) is 11.7. The molecule has 0 heterocycles. The molecule has 0 aromatic heterocycles. The lowest BCUT2D eigenvalue weighted by atomic mass is 10.1. The maximum Gasteiger partial charge on any atom is 0.416 e. The number of carbonyl (C=O) groups is 2.